The van der Waals surface area contributed by atoms with Gasteiger partial charge < -0.3 is 10.5 Å². The van der Waals surface area contributed by atoms with Gasteiger partial charge in [-0.25, -0.2) is 0 Å². The van der Waals surface area contributed by atoms with Crippen LogP contribution in [0.5, 0.6) is 11.5 Å². The molecule has 6 nitrogen and oxygen atoms in total. The van der Waals surface area contributed by atoms with E-state index in [9.17, 15) is 0 Å². The Hall–Kier alpha value is -3.28. The zero-order valence-corrected chi connectivity index (χ0v) is 12.5. The molecule has 0 atom stereocenters. The van der Waals surface area contributed by atoms with E-state index in [4.69, 9.17) is 10.5 Å². The predicted octanol–water partition coefficient (Wildman–Crippen LogP) is 3.34. The number of nitrogens with two attached hydrogens (primary N) is 1. The number of ether oxygens (including phenoxy) is 1. The van der Waals surface area contributed by atoms with Gasteiger partial charge in [-0.05, 0) is 36.4 Å². The van der Waals surface area contributed by atoms with Crippen molar-refractivity contribution in [3.05, 3.63) is 55.0 Å². The molecule has 0 saturated carbocycles. The van der Waals surface area contributed by atoms with Crippen molar-refractivity contribution in [1.82, 2.24) is 20.0 Å². The Kier molecular flexibility index (Phi) is 3.01. The zero-order chi connectivity index (χ0) is 15.8. The van der Waals surface area contributed by atoms with Crippen molar-refractivity contribution in [3.8, 4) is 22.6 Å². The normalized spacial score (nSPS) is 11.0. The second-order valence-corrected chi connectivity index (χ2v) is 5.33. The number of aromatic nitrogens is 4. The Bertz CT molecular complexity index is 955. The maximum Gasteiger partial charge on any atom is 0.136 e. The lowest BCUT2D eigenvalue weighted by molar-refractivity contribution is 0.485. The molecule has 0 unspecified atom stereocenters. The highest BCUT2D eigenvalue weighted by Gasteiger charge is 2.13. The van der Waals surface area contributed by atoms with Crippen LogP contribution < -0.4 is 10.5 Å². The van der Waals surface area contributed by atoms with Crippen LogP contribution >= 0.6 is 0 Å². The third-order valence-corrected chi connectivity index (χ3v) is 3.76. The first-order valence-electron chi connectivity index (χ1n) is 7.19. The molecule has 0 bridgehead atoms. The van der Waals surface area contributed by atoms with Crippen molar-refractivity contribution in [3.63, 3.8) is 0 Å². The second-order valence-electron chi connectivity index (χ2n) is 5.33. The highest BCUT2D eigenvalue weighted by Crippen LogP contribution is 2.36. The number of fused-ring (bicyclic) bond motifs is 1. The molecule has 0 saturated heterocycles. The lowest BCUT2D eigenvalue weighted by Crippen LogP contribution is -1.92. The van der Waals surface area contributed by atoms with Gasteiger partial charge in [0.1, 0.15) is 11.5 Å². The van der Waals surface area contributed by atoms with Crippen LogP contribution in [0.2, 0.25) is 0 Å². The molecular weight excluding hydrogens is 290 g/mol. The molecule has 0 fully saturated rings. The molecule has 2 heterocycles. The minimum atomic E-state index is 0.704. The molecule has 0 aliphatic carbocycles. The largest absolute Gasteiger partial charge is 0.457 e. The summed E-state index contributed by atoms with van der Waals surface area (Å²) in [6, 6.07) is 11.4. The summed E-state index contributed by atoms with van der Waals surface area (Å²) in [6.07, 6.45) is 5.44. The second kappa shape index (κ2) is 5.17. The van der Waals surface area contributed by atoms with Crippen LogP contribution in [0.1, 0.15) is 0 Å². The number of hydrogen-bond acceptors (Lipinski definition) is 4. The molecule has 0 spiro atoms. The van der Waals surface area contributed by atoms with E-state index in [1.165, 1.54) is 0 Å². The standard InChI is InChI=1S/C17H15N5O/c1-22-16-7-15(12-8-19-20-9-12)17(6-11(16)10-21-22)23-14-4-2-13(18)3-5-14/h2-10H,18H2,1H3,(H,19,20). The molecule has 4 rings (SSSR count). The summed E-state index contributed by atoms with van der Waals surface area (Å²) in [4.78, 5) is 0. The summed E-state index contributed by atoms with van der Waals surface area (Å²) in [5.41, 5.74) is 9.37. The van der Waals surface area contributed by atoms with Crippen molar-refractivity contribution < 1.29 is 4.74 Å². The summed E-state index contributed by atoms with van der Waals surface area (Å²) in [5, 5.41) is 12.2. The zero-order valence-electron chi connectivity index (χ0n) is 12.5. The number of anilines is 1. The van der Waals surface area contributed by atoms with E-state index < -0.39 is 0 Å². The van der Waals surface area contributed by atoms with Gasteiger partial charge in [0.2, 0.25) is 0 Å². The minimum Gasteiger partial charge on any atom is -0.457 e. The van der Waals surface area contributed by atoms with Gasteiger partial charge in [-0.2, -0.15) is 10.2 Å². The third kappa shape index (κ3) is 2.40. The van der Waals surface area contributed by atoms with Crippen LogP contribution in [0.25, 0.3) is 22.0 Å². The van der Waals surface area contributed by atoms with Gasteiger partial charge in [-0.15, -0.1) is 0 Å². The summed E-state index contributed by atoms with van der Waals surface area (Å²) < 4.78 is 7.91. The van der Waals surface area contributed by atoms with Crippen molar-refractivity contribution >= 4 is 16.6 Å². The maximum absolute atomic E-state index is 6.07. The number of H-pyrrole nitrogens is 1. The molecule has 0 aliphatic heterocycles. The fourth-order valence-corrected chi connectivity index (χ4v) is 2.55. The van der Waals surface area contributed by atoms with Crippen LogP contribution in [-0.2, 0) is 7.05 Å². The van der Waals surface area contributed by atoms with Crippen molar-refractivity contribution in [2.45, 2.75) is 0 Å². The smallest absolute Gasteiger partial charge is 0.136 e. The minimum absolute atomic E-state index is 0.704. The molecule has 114 valence electrons. The van der Waals surface area contributed by atoms with E-state index in [1.54, 1.807) is 6.20 Å². The van der Waals surface area contributed by atoms with Crippen LogP contribution in [-0.4, -0.2) is 20.0 Å². The molecule has 0 aliphatic rings. The van der Waals surface area contributed by atoms with Gasteiger partial charge in [0.25, 0.3) is 0 Å². The molecule has 4 aromatic rings. The topological polar surface area (TPSA) is 81.8 Å². The Balaban J connectivity index is 1.86. The molecule has 2 aromatic carbocycles. The molecule has 2 aromatic heterocycles. The first-order valence-corrected chi connectivity index (χ1v) is 7.19. The Morgan fingerprint density at radius 2 is 1.96 bits per heavy atom. The quantitative estimate of drug-likeness (QED) is 0.569. The highest BCUT2D eigenvalue weighted by atomic mass is 16.5. The van der Waals surface area contributed by atoms with E-state index in [0.717, 1.165) is 33.5 Å². The summed E-state index contributed by atoms with van der Waals surface area (Å²) >= 11 is 0. The van der Waals surface area contributed by atoms with E-state index in [-0.39, 0.29) is 0 Å². The van der Waals surface area contributed by atoms with E-state index in [0.29, 0.717) is 5.69 Å². The Morgan fingerprint density at radius 1 is 1.13 bits per heavy atom. The average molecular weight is 305 g/mol. The first-order chi connectivity index (χ1) is 11.2. The van der Waals surface area contributed by atoms with Gasteiger partial charge >= 0.3 is 0 Å². The monoisotopic (exact) mass is 305 g/mol. The van der Waals surface area contributed by atoms with Crippen molar-refractivity contribution in [2.75, 3.05) is 5.73 Å². The lowest BCUT2D eigenvalue weighted by atomic mass is 10.1. The Morgan fingerprint density at radius 3 is 2.70 bits per heavy atom. The van der Waals surface area contributed by atoms with E-state index in [2.05, 4.69) is 21.4 Å². The number of aromatic amines is 1. The number of nitrogen functional groups attached to an aromatic ring is 1. The average Bonchev–Trinajstić information content (AvgIpc) is 3.19. The van der Waals surface area contributed by atoms with Crippen molar-refractivity contribution in [1.29, 1.82) is 0 Å². The van der Waals surface area contributed by atoms with Crippen LogP contribution in [0.15, 0.2) is 55.0 Å². The number of benzene rings is 2. The predicted molar refractivity (Wildman–Crippen MR) is 89.2 cm³/mol. The summed E-state index contributed by atoms with van der Waals surface area (Å²) in [6.45, 7) is 0. The molecular formula is C17H15N5O. The van der Waals surface area contributed by atoms with Crippen LogP contribution in [0.3, 0.4) is 0 Å². The van der Waals surface area contributed by atoms with Crippen LogP contribution in [0.4, 0.5) is 5.69 Å². The third-order valence-electron chi connectivity index (χ3n) is 3.76. The van der Waals surface area contributed by atoms with Crippen molar-refractivity contribution in [2.24, 2.45) is 7.05 Å². The summed E-state index contributed by atoms with van der Waals surface area (Å²) in [7, 11) is 1.92. The SMILES string of the molecule is Cn1ncc2cc(Oc3ccc(N)cc3)c(-c3cn[nH]c3)cc21. The number of hydrogen-bond donors (Lipinski definition) is 2. The number of aryl methyl sites for hydroxylation is 1. The highest BCUT2D eigenvalue weighted by molar-refractivity contribution is 5.88. The molecule has 6 heteroatoms. The Labute approximate surface area is 132 Å². The van der Waals surface area contributed by atoms with Gasteiger partial charge in [0.15, 0.2) is 0 Å². The maximum atomic E-state index is 6.07. The number of rotatable bonds is 3. The van der Waals surface area contributed by atoms with Gasteiger partial charge in [0, 0.05) is 35.4 Å². The van der Waals surface area contributed by atoms with Crippen LogP contribution in [0, 0.1) is 0 Å². The van der Waals surface area contributed by atoms with Gasteiger partial charge in [-0.1, -0.05) is 0 Å². The van der Waals surface area contributed by atoms with E-state index >= 15 is 0 Å². The lowest BCUT2D eigenvalue weighted by Gasteiger charge is -2.11. The fraction of sp³-hybridized carbons (Fsp3) is 0.0588. The number of nitrogens with zero attached hydrogens (tertiary/aromatic N) is 3. The first kappa shape index (κ1) is 13.4. The van der Waals surface area contributed by atoms with E-state index in [1.807, 2.05) is 54.5 Å². The van der Waals surface area contributed by atoms with Gasteiger partial charge in [0.05, 0.1) is 17.9 Å². The number of nitrogens with one attached hydrogen (secondary N) is 1. The molecule has 0 radical (unpaired) electrons. The fourth-order valence-electron chi connectivity index (χ4n) is 2.55. The molecule has 0 amide bonds. The molecule has 3 N–H and O–H groups in total. The van der Waals surface area contributed by atoms with Gasteiger partial charge in [-0.3, -0.25) is 9.78 Å². The summed E-state index contributed by atoms with van der Waals surface area (Å²) in [5.74, 6) is 1.48. The molecule has 23 heavy (non-hydrogen) atoms.